The minimum atomic E-state index is -3.70. The van der Waals surface area contributed by atoms with Crippen molar-refractivity contribution in [1.82, 2.24) is 13.9 Å². The molecule has 2 atom stereocenters. The third-order valence-electron chi connectivity index (χ3n) is 6.51. The van der Waals surface area contributed by atoms with E-state index in [1.165, 1.54) is 15.2 Å². The van der Waals surface area contributed by atoms with E-state index >= 15 is 0 Å². The van der Waals surface area contributed by atoms with Gasteiger partial charge in [-0.3, -0.25) is 5.32 Å². The summed E-state index contributed by atoms with van der Waals surface area (Å²) >= 11 is 6.73. The number of halogens is 1. The highest BCUT2D eigenvalue weighted by Gasteiger charge is 2.45. The molecule has 4 aromatic rings. The minimum Gasteiger partial charge on any atom is -0.347 e. The van der Waals surface area contributed by atoms with Crippen LogP contribution < -0.4 is 5.32 Å². The first-order chi connectivity index (χ1) is 13.9. The number of aromatic nitrogens is 2. The van der Waals surface area contributed by atoms with Gasteiger partial charge in [-0.05, 0) is 48.7 Å². The molecular formula is C22H20ClN3O2S. The molecule has 1 saturated heterocycles. The third-order valence-corrected chi connectivity index (χ3v) is 8.63. The van der Waals surface area contributed by atoms with Gasteiger partial charge in [0.2, 0.25) is 0 Å². The fraction of sp³-hybridized carbons (Fsp3) is 0.273. The number of hydrogen-bond acceptors (Lipinski definition) is 3. The van der Waals surface area contributed by atoms with Crippen molar-refractivity contribution in [2.45, 2.75) is 35.2 Å². The smallest absolute Gasteiger partial charge is 0.268 e. The Kier molecular flexibility index (Phi) is 3.43. The van der Waals surface area contributed by atoms with Crippen molar-refractivity contribution < 1.29 is 8.42 Å². The lowest BCUT2D eigenvalue weighted by atomic mass is 9.99. The van der Waals surface area contributed by atoms with Gasteiger partial charge in [0.15, 0.2) is 0 Å². The van der Waals surface area contributed by atoms with Crippen molar-refractivity contribution in [1.29, 1.82) is 0 Å². The van der Waals surface area contributed by atoms with E-state index in [0.717, 1.165) is 35.6 Å². The van der Waals surface area contributed by atoms with Crippen molar-refractivity contribution >= 4 is 43.4 Å². The molecule has 148 valence electrons. The summed E-state index contributed by atoms with van der Waals surface area (Å²) in [5, 5.41) is 5.44. The zero-order valence-electron chi connectivity index (χ0n) is 15.9. The van der Waals surface area contributed by atoms with Crippen LogP contribution in [0.1, 0.15) is 30.1 Å². The maximum absolute atomic E-state index is 13.5. The van der Waals surface area contributed by atoms with Crippen LogP contribution in [0.15, 0.2) is 59.6 Å². The molecule has 2 unspecified atom stereocenters. The number of nitrogens with one attached hydrogen (secondary N) is 1. The van der Waals surface area contributed by atoms with Crippen molar-refractivity contribution in [2.75, 3.05) is 0 Å². The van der Waals surface area contributed by atoms with Crippen LogP contribution in [0.5, 0.6) is 0 Å². The molecule has 5 nitrogen and oxygen atoms in total. The average molecular weight is 426 g/mol. The van der Waals surface area contributed by atoms with Gasteiger partial charge in [0.25, 0.3) is 10.0 Å². The maximum atomic E-state index is 13.5. The SMILES string of the molecule is Cn1c2c(c3cc(S(=O)(=O)n4ccc5ccccc54)ccc31)C1CCC(Cl)(C2)N1. The molecule has 0 aliphatic carbocycles. The molecule has 4 heterocycles. The summed E-state index contributed by atoms with van der Waals surface area (Å²) in [6.07, 6.45) is 4.26. The summed E-state index contributed by atoms with van der Waals surface area (Å²) < 4.78 is 30.5. The summed E-state index contributed by atoms with van der Waals surface area (Å²) in [4.78, 5) is -0.0702. The Bertz CT molecular complexity index is 1420. The molecule has 2 aromatic heterocycles. The summed E-state index contributed by atoms with van der Waals surface area (Å²) in [6, 6.07) is 15.0. The second-order valence-corrected chi connectivity index (χ2v) is 10.7. The van der Waals surface area contributed by atoms with E-state index in [4.69, 9.17) is 11.6 Å². The highest BCUT2D eigenvalue weighted by molar-refractivity contribution is 7.90. The predicted molar refractivity (Wildman–Crippen MR) is 115 cm³/mol. The molecule has 2 bridgehead atoms. The first kappa shape index (κ1) is 17.6. The second kappa shape index (κ2) is 5.65. The largest absolute Gasteiger partial charge is 0.347 e. The highest BCUT2D eigenvalue weighted by Crippen LogP contribution is 2.47. The van der Waals surface area contributed by atoms with Gasteiger partial charge in [-0.1, -0.05) is 18.2 Å². The molecular weight excluding hydrogens is 406 g/mol. The summed E-state index contributed by atoms with van der Waals surface area (Å²) in [6.45, 7) is 0. The predicted octanol–water partition coefficient (Wildman–Crippen LogP) is 4.29. The van der Waals surface area contributed by atoms with Gasteiger partial charge in [-0.2, -0.15) is 0 Å². The number of hydrogen-bond donors (Lipinski definition) is 1. The Balaban J connectivity index is 1.57. The van der Waals surface area contributed by atoms with Crippen LogP contribution in [0.25, 0.3) is 21.8 Å². The van der Waals surface area contributed by atoms with Gasteiger partial charge in [0.1, 0.15) is 0 Å². The van der Waals surface area contributed by atoms with Crippen molar-refractivity contribution in [3.8, 4) is 0 Å². The number of para-hydroxylation sites is 1. The first-order valence-corrected chi connectivity index (χ1v) is 11.6. The lowest BCUT2D eigenvalue weighted by Crippen LogP contribution is -2.41. The Morgan fingerprint density at radius 2 is 1.97 bits per heavy atom. The van der Waals surface area contributed by atoms with E-state index in [9.17, 15) is 8.42 Å². The Morgan fingerprint density at radius 1 is 1.14 bits per heavy atom. The topological polar surface area (TPSA) is 56.0 Å². The fourth-order valence-electron chi connectivity index (χ4n) is 5.10. The summed E-state index contributed by atoms with van der Waals surface area (Å²) in [5.74, 6) is 0. The molecule has 2 aliphatic heterocycles. The lowest BCUT2D eigenvalue weighted by molar-refractivity contribution is 0.455. The van der Waals surface area contributed by atoms with Crippen molar-refractivity contribution in [2.24, 2.45) is 7.05 Å². The number of alkyl halides is 1. The zero-order valence-corrected chi connectivity index (χ0v) is 17.5. The standard InChI is InChI=1S/C22H20ClN3O2S/c1-25-19-7-6-15(29(27,28)26-11-9-14-4-2-3-5-18(14)26)12-16(19)21-17-8-10-22(23,24-17)13-20(21)25/h2-7,9,11-12,17,24H,8,10,13H2,1H3. The molecule has 0 saturated carbocycles. The fourth-order valence-corrected chi connectivity index (χ4v) is 6.85. The zero-order chi connectivity index (χ0) is 20.0. The summed E-state index contributed by atoms with van der Waals surface area (Å²) in [7, 11) is -1.65. The van der Waals surface area contributed by atoms with E-state index < -0.39 is 10.0 Å². The molecule has 2 aliphatic rings. The molecule has 0 spiro atoms. The van der Waals surface area contributed by atoms with E-state index in [-0.39, 0.29) is 11.0 Å². The quantitative estimate of drug-likeness (QED) is 0.385. The first-order valence-electron chi connectivity index (χ1n) is 9.77. The van der Waals surface area contributed by atoms with Gasteiger partial charge in [0, 0.05) is 47.7 Å². The second-order valence-electron chi connectivity index (χ2n) is 8.15. The van der Waals surface area contributed by atoms with E-state index in [1.54, 1.807) is 12.3 Å². The minimum absolute atomic E-state index is 0.172. The number of nitrogens with zero attached hydrogens (tertiary/aromatic N) is 2. The van der Waals surface area contributed by atoms with E-state index in [1.807, 2.05) is 49.5 Å². The molecule has 6 rings (SSSR count). The van der Waals surface area contributed by atoms with E-state index in [0.29, 0.717) is 10.4 Å². The van der Waals surface area contributed by atoms with Crippen LogP contribution in [0.3, 0.4) is 0 Å². The van der Waals surface area contributed by atoms with Crippen LogP contribution in [-0.2, 0) is 23.5 Å². The molecule has 0 amide bonds. The van der Waals surface area contributed by atoms with Gasteiger partial charge in [-0.25, -0.2) is 12.4 Å². The third kappa shape index (κ3) is 2.34. The van der Waals surface area contributed by atoms with Crippen molar-refractivity contribution in [3.63, 3.8) is 0 Å². The number of rotatable bonds is 2. The molecule has 29 heavy (non-hydrogen) atoms. The lowest BCUT2D eigenvalue weighted by Gasteiger charge is -2.29. The van der Waals surface area contributed by atoms with Gasteiger partial charge < -0.3 is 4.57 Å². The van der Waals surface area contributed by atoms with Crippen LogP contribution in [0.4, 0.5) is 0 Å². The van der Waals surface area contributed by atoms with Crippen LogP contribution >= 0.6 is 11.6 Å². The van der Waals surface area contributed by atoms with Crippen LogP contribution in [-0.4, -0.2) is 22.0 Å². The number of aryl methyl sites for hydroxylation is 1. The Morgan fingerprint density at radius 3 is 2.83 bits per heavy atom. The molecule has 1 N–H and O–H groups in total. The maximum Gasteiger partial charge on any atom is 0.268 e. The van der Waals surface area contributed by atoms with Crippen LogP contribution in [0, 0.1) is 0 Å². The monoisotopic (exact) mass is 425 g/mol. The summed E-state index contributed by atoms with van der Waals surface area (Å²) in [5.41, 5.74) is 4.14. The average Bonchev–Trinajstić information content (AvgIpc) is 3.35. The van der Waals surface area contributed by atoms with Crippen LogP contribution in [0.2, 0.25) is 0 Å². The Labute approximate surface area is 173 Å². The normalized spacial score (nSPS) is 23.7. The van der Waals surface area contributed by atoms with Gasteiger partial charge in [0.05, 0.1) is 15.4 Å². The highest BCUT2D eigenvalue weighted by atomic mass is 35.5. The number of fused-ring (bicyclic) bond motifs is 7. The van der Waals surface area contributed by atoms with Crippen molar-refractivity contribution in [3.05, 3.63) is 66.0 Å². The molecule has 1 fully saturated rings. The molecule has 2 aromatic carbocycles. The van der Waals surface area contributed by atoms with Gasteiger partial charge >= 0.3 is 0 Å². The Hall–Kier alpha value is -2.28. The van der Waals surface area contributed by atoms with Gasteiger partial charge in [-0.15, -0.1) is 11.6 Å². The van der Waals surface area contributed by atoms with E-state index in [2.05, 4.69) is 9.88 Å². The molecule has 7 heteroatoms. The molecule has 0 radical (unpaired) electrons. The number of benzene rings is 2.